The standard InChI is InChI=1S/C16H15Cl2N3O3/c17-11-1-5-13(6-2-11)19-15(22)9-21(24)10-16(23)20-14-7-3-12(18)4-8-14/h1-8,24H,9-10H2,(H,19,22)(H,20,23). The smallest absolute Gasteiger partial charge is 0.241 e. The Morgan fingerprint density at radius 1 is 0.792 bits per heavy atom. The second-order valence-corrected chi connectivity index (χ2v) is 5.81. The van der Waals surface area contributed by atoms with Gasteiger partial charge in [-0.25, -0.2) is 0 Å². The molecule has 0 radical (unpaired) electrons. The molecule has 3 N–H and O–H groups in total. The van der Waals surface area contributed by atoms with Crippen LogP contribution in [0.4, 0.5) is 11.4 Å². The van der Waals surface area contributed by atoms with Gasteiger partial charge >= 0.3 is 0 Å². The molecule has 6 nitrogen and oxygen atoms in total. The van der Waals surface area contributed by atoms with Gasteiger partial charge in [-0.1, -0.05) is 23.2 Å². The van der Waals surface area contributed by atoms with Crippen molar-refractivity contribution in [3.8, 4) is 0 Å². The molecule has 0 aliphatic carbocycles. The topological polar surface area (TPSA) is 81.7 Å². The van der Waals surface area contributed by atoms with E-state index in [2.05, 4.69) is 10.6 Å². The average Bonchev–Trinajstić information content (AvgIpc) is 2.51. The number of carbonyl (C=O) groups excluding carboxylic acids is 2. The van der Waals surface area contributed by atoms with Crippen molar-refractivity contribution in [3.63, 3.8) is 0 Å². The van der Waals surface area contributed by atoms with Crippen molar-refractivity contribution < 1.29 is 14.8 Å². The number of benzene rings is 2. The molecule has 24 heavy (non-hydrogen) atoms. The van der Waals surface area contributed by atoms with Crippen LogP contribution in [0.15, 0.2) is 48.5 Å². The summed E-state index contributed by atoms with van der Waals surface area (Å²) in [6.07, 6.45) is 0. The third-order valence-corrected chi connectivity index (χ3v) is 3.41. The Bertz CT molecular complexity index is 644. The monoisotopic (exact) mass is 367 g/mol. The number of anilines is 2. The molecule has 0 aliphatic rings. The highest BCUT2D eigenvalue weighted by atomic mass is 35.5. The SMILES string of the molecule is O=C(CN(O)CC(=O)Nc1ccc(Cl)cc1)Nc1ccc(Cl)cc1. The minimum atomic E-state index is -0.459. The lowest BCUT2D eigenvalue weighted by Gasteiger charge is -2.14. The van der Waals surface area contributed by atoms with Gasteiger partial charge in [0.1, 0.15) is 13.1 Å². The van der Waals surface area contributed by atoms with Crippen LogP contribution in [0, 0.1) is 0 Å². The van der Waals surface area contributed by atoms with Gasteiger partial charge in [0.2, 0.25) is 11.8 Å². The Morgan fingerprint density at radius 2 is 1.12 bits per heavy atom. The molecule has 8 heteroatoms. The van der Waals surface area contributed by atoms with Crippen LogP contribution in [-0.2, 0) is 9.59 Å². The summed E-state index contributed by atoms with van der Waals surface area (Å²) in [5, 5.41) is 16.6. The van der Waals surface area contributed by atoms with E-state index in [0.29, 0.717) is 26.5 Å². The lowest BCUT2D eigenvalue weighted by Crippen LogP contribution is -2.36. The van der Waals surface area contributed by atoms with Gasteiger partial charge in [0.05, 0.1) is 0 Å². The first-order chi connectivity index (χ1) is 11.4. The molecule has 2 rings (SSSR count). The van der Waals surface area contributed by atoms with Crippen LogP contribution < -0.4 is 10.6 Å². The van der Waals surface area contributed by atoms with Crippen molar-refractivity contribution >= 4 is 46.4 Å². The molecular formula is C16H15Cl2N3O3. The summed E-state index contributed by atoms with van der Waals surface area (Å²) >= 11 is 11.5. The zero-order chi connectivity index (χ0) is 17.5. The summed E-state index contributed by atoms with van der Waals surface area (Å²) in [5.74, 6) is -0.918. The molecule has 0 aromatic heterocycles. The molecule has 2 aromatic rings. The molecule has 0 aliphatic heterocycles. The van der Waals surface area contributed by atoms with Gasteiger partial charge in [-0.2, -0.15) is 5.06 Å². The van der Waals surface area contributed by atoms with Crippen molar-refractivity contribution in [3.05, 3.63) is 58.6 Å². The zero-order valence-corrected chi connectivity index (χ0v) is 14.0. The maximum absolute atomic E-state index is 11.8. The van der Waals surface area contributed by atoms with Crippen molar-refractivity contribution in [2.75, 3.05) is 23.7 Å². The first-order valence-corrected chi connectivity index (χ1v) is 7.72. The molecule has 0 unspecified atom stereocenters. The summed E-state index contributed by atoms with van der Waals surface area (Å²) in [6, 6.07) is 13.1. The van der Waals surface area contributed by atoms with Gasteiger partial charge in [-0.3, -0.25) is 9.59 Å². The van der Waals surface area contributed by atoms with Crippen molar-refractivity contribution in [2.24, 2.45) is 0 Å². The van der Waals surface area contributed by atoms with E-state index in [0.717, 1.165) is 0 Å². The number of nitrogens with one attached hydrogen (secondary N) is 2. The molecule has 0 saturated heterocycles. The Kier molecular flexibility index (Phi) is 6.57. The first kappa shape index (κ1) is 18.2. The largest absolute Gasteiger partial charge is 0.325 e. The predicted octanol–water partition coefficient (Wildman–Crippen LogP) is 3.26. The summed E-state index contributed by atoms with van der Waals surface area (Å²) in [5.41, 5.74) is 1.09. The highest BCUT2D eigenvalue weighted by molar-refractivity contribution is 6.30. The molecule has 2 amide bonds. The first-order valence-electron chi connectivity index (χ1n) is 6.97. The van der Waals surface area contributed by atoms with Crippen LogP contribution in [0.2, 0.25) is 10.0 Å². The number of halogens is 2. The van der Waals surface area contributed by atoms with Crippen LogP contribution in [0.5, 0.6) is 0 Å². The maximum atomic E-state index is 11.8. The lowest BCUT2D eigenvalue weighted by atomic mass is 10.3. The van der Waals surface area contributed by atoms with Crippen LogP contribution in [-0.4, -0.2) is 35.2 Å². The fourth-order valence-corrected chi connectivity index (χ4v) is 2.11. The molecule has 0 bridgehead atoms. The molecule has 0 heterocycles. The van der Waals surface area contributed by atoms with E-state index >= 15 is 0 Å². The highest BCUT2D eigenvalue weighted by Gasteiger charge is 2.13. The van der Waals surface area contributed by atoms with Gasteiger partial charge in [-0.15, -0.1) is 0 Å². The van der Waals surface area contributed by atoms with E-state index in [1.54, 1.807) is 48.5 Å². The number of rotatable bonds is 6. The second-order valence-electron chi connectivity index (χ2n) is 4.93. The summed E-state index contributed by atoms with van der Waals surface area (Å²) in [7, 11) is 0. The summed E-state index contributed by atoms with van der Waals surface area (Å²) in [6.45, 7) is -0.701. The molecule has 0 spiro atoms. The van der Waals surface area contributed by atoms with Gasteiger partial charge in [0.15, 0.2) is 0 Å². The van der Waals surface area contributed by atoms with Crippen molar-refractivity contribution in [1.29, 1.82) is 0 Å². The van der Waals surface area contributed by atoms with Gasteiger partial charge in [0, 0.05) is 21.4 Å². The maximum Gasteiger partial charge on any atom is 0.241 e. The number of carbonyl (C=O) groups is 2. The highest BCUT2D eigenvalue weighted by Crippen LogP contribution is 2.14. The number of hydrogen-bond donors (Lipinski definition) is 3. The summed E-state index contributed by atoms with van der Waals surface area (Å²) < 4.78 is 0. The third-order valence-electron chi connectivity index (χ3n) is 2.91. The van der Waals surface area contributed by atoms with E-state index in [9.17, 15) is 14.8 Å². The molecule has 0 saturated carbocycles. The van der Waals surface area contributed by atoms with Crippen LogP contribution >= 0.6 is 23.2 Å². The van der Waals surface area contributed by atoms with Gasteiger partial charge < -0.3 is 15.8 Å². The quantitative estimate of drug-likeness (QED) is 0.684. The molecule has 126 valence electrons. The normalized spacial score (nSPS) is 10.5. The molecule has 2 aromatic carbocycles. The number of amides is 2. The predicted molar refractivity (Wildman–Crippen MR) is 93.5 cm³/mol. The van der Waals surface area contributed by atoms with Crippen molar-refractivity contribution in [2.45, 2.75) is 0 Å². The van der Waals surface area contributed by atoms with Crippen LogP contribution in [0.25, 0.3) is 0 Å². The molecule has 0 fully saturated rings. The van der Waals surface area contributed by atoms with Crippen molar-refractivity contribution in [1.82, 2.24) is 5.06 Å². The number of hydroxylamine groups is 2. The van der Waals surface area contributed by atoms with E-state index in [1.807, 2.05) is 0 Å². The van der Waals surface area contributed by atoms with E-state index in [4.69, 9.17) is 23.2 Å². The zero-order valence-electron chi connectivity index (χ0n) is 12.5. The van der Waals surface area contributed by atoms with E-state index in [1.165, 1.54) is 0 Å². The number of nitrogens with zero attached hydrogens (tertiary/aromatic N) is 1. The van der Waals surface area contributed by atoms with Crippen LogP contribution in [0.1, 0.15) is 0 Å². The minimum absolute atomic E-state index is 0.351. The fourth-order valence-electron chi connectivity index (χ4n) is 1.85. The van der Waals surface area contributed by atoms with Crippen LogP contribution in [0.3, 0.4) is 0 Å². The molecular weight excluding hydrogens is 353 g/mol. The second kappa shape index (κ2) is 8.65. The van der Waals surface area contributed by atoms with E-state index < -0.39 is 11.8 Å². The Labute approximate surface area is 148 Å². The number of hydrogen-bond acceptors (Lipinski definition) is 4. The Balaban J connectivity index is 1.78. The average molecular weight is 368 g/mol. The van der Waals surface area contributed by atoms with Gasteiger partial charge in [-0.05, 0) is 48.5 Å². The van der Waals surface area contributed by atoms with Gasteiger partial charge in [0.25, 0.3) is 0 Å². The lowest BCUT2D eigenvalue weighted by molar-refractivity contribution is -0.140. The minimum Gasteiger partial charge on any atom is -0.325 e. The fraction of sp³-hybridized carbons (Fsp3) is 0.125. The Morgan fingerprint density at radius 3 is 1.46 bits per heavy atom. The summed E-state index contributed by atoms with van der Waals surface area (Å²) in [4.78, 5) is 23.6. The Hall–Kier alpha value is -2.12. The third kappa shape index (κ3) is 6.17. The molecule has 0 atom stereocenters. The van der Waals surface area contributed by atoms with E-state index in [-0.39, 0.29) is 13.1 Å².